The summed E-state index contributed by atoms with van der Waals surface area (Å²) in [5.74, 6) is 1.81. The van der Waals surface area contributed by atoms with Gasteiger partial charge in [0.2, 0.25) is 5.95 Å². The Labute approximate surface area is 126 Å². The van der Waals surface area contributed by atoms with Crippen molar-refractivity contribution in [3.05, 3.63) is 18.2 Å². The molecule has 5 nitrogen and oxygen atoms in total. The molecule has 1 heterocycles. The monoisotopic (exact) mass is 290 g/mol. The second-order valence-corrected chi connectivity index (χ2v) is 5.97. The third kappa shape index (κ3) is 3.13. The summed E-state index contributed by atoms with van der Waals surface area (Å²) in [5, 5.41) is 0. The van der Waals surface area contributed by atoms with Gasteiger partial charge in [-0.2, -0.15) is 0 Å². The summed E-state index contributed by atoms with van der Waals surface area (Å²) >= 11 is 0. The van der Waals surface area contributed by atoms with Crippen LogP contribution in [0.5, 0.6) is 5.75 Å². The number of hydrogen-bond donors (Lipinski definition) is 1. The number of fused-ring (bicyclic) bond motifs is 1. The fourth-order valence-electron chi connectivity index (χ4n) is 2.69. The highest BCUT2D eigenvalue weighted by Gasteiger charge is 2.22. The normalized spacial score (nSPS) is 13.3. The summed E-state index contributed by atoms with van der Waals surface area (Å²) in [5.41, 5.74) is 8.10. The number of likely N-dealkylation sites (N-methyl/N-ethyl adjacent to an activating group) is 1. The minimum absolute atomic E-state index is 0.280. The van der Waals surface area contributed by atoms with Crippen molar-refractivity contribution >= 4 is 17.0 Å². The number of rotatable bonds is 6. The first-order valence-electron chi connectivity index (χ1n) is 7.49. The van der Waals surface area contributed by atoms with Crippen LogP contribution in [0.25, 0.3) is 11.0 Å². The molecule has 1 unspecified atom stereocenters. The van der Waals surface area contributed by atoms with Crippen molar-refractivity contribution in [1.82, 2.24) is 14.5 Å². The smallest absolute Gasteiger partial charge is 0.201 e. The molecule has 0 fully saturated rings. The molecule has 0 bridgehead atoms. The lowest BCUT2D eigenvalue weighted by atomic mass is 10.0. The molecule has 21 heavy (non-hydrogen) atoms. The molecular weight excluding hydrogens is 264 g/mol. The highest BCUT2D eigenvalue weighted by molar-refractivity contribution is 5.84. The van der Waals surface area contributed by atoms with Crippen LogP contribution in [-0.4, -0.2) is 41.7 Å². The van der Waals surface area contributed by atoms with Gasteiger partial charge in [0, 0.05) is 6.54 Å². The number of imidazole rings is 1. The lowest BCUT2D eigenvalue weighted by Gasteiger charge is -2.27. The van der Waals surface area contributed by atoms with E-state index in [4.69, 9.17) is 10.5 Å². The highest BCUT2D eigenvalue weighted by atomic mass is 16.5. The Morgan fingerprint density at radius 3 is 2.62 bits per heavy atom. The van der Waals surface area contributed by atoms with Crippen LogP contribution in [-0.2, 0) is 0 Å². The SMILES string of the molecule is CCOc1cccc2c1nc(N)n2C(CN(C)C)C(C)C. The third-order valence-electron chi connectivity index (χ3n) is 3.66. The summed E-state index contributed by atoms with van der Waals surface area (Å²) in [4.78, 5) is 6.72. The predicted octanol–water partition coefficient (Wildman–Crippen LogP) is 2.78. The predicted molar refractivity (Wildman–Crippen MR) is 87.7 cm³/mol. The molecule has 0 aliphatic rings. The van der Waals surface area contributed by atoms with Crippen LogP contribution in [0.1, 0.15) is 26.8 Å². The number of para-hydroxylation sites is 1. The standard InChI is InChI=1S/C16H26N4O/c1-6-21-14-9-7-8-12-15(14)18-16(17)20(12)13(11(2)3)10-19(4)5/h7-9,11,13H,6,10H2,1-5H3,(H2,17,18). The molecule has 1 aromatic carbocycles. The lowest BCUT2D eigenvalue weighted by Crippen LogP contribution is -2.28. The zero-order valence-corrected chi connectivity index (χ0v) is 13.6. The summed E-state index contributed by atoms with van der Waals surface area (Å²) in [6, 6.07) is 6.28. The first-order chi connectivity index (χ1) is 9.95. The Morgan fingerprint density at radius 2 is 2.05 bits per heavy atom. The minimum Gasteiger partial charge on any atom is -0.492 e. The van der Waals surface area contributed by atoms with E-state index in [1.54, 1.807) is 0 Å². The molecule has 5 heteroatoms. The molecule has 2 aromatic rings. The second kappa shape index (κ2) is 6.35. The van der Waals surface area contributed by atoms with Crippen LogP contribution >= 0.6 is 0 Å². The Hall–Kier alpha value is -1.75. The van der Waals surface area contributed by atoms with Gasteiger partial charge in [0.15, 0.2) is 0 Å². The summed E-state index contributed by atoms with van der Waals surface area (Å²) in [6.45, 7) is 7.95. The maximum Gasteiger partial charge on any atom is 0.201 e. The van der Waals surface area contributed by atoms with Crippen molar-refractivity contribution in [2.45, 2.75) is 26.8 Å². The van der Waals surface area contributed by atoms with Gasteiger partial charge in [0.25, 0.3) is 0 Å². The molecule has 0 saturated carbocycles. The van der Waals surface area contributed by atoms with E-state index in [1.165, 1.54) is 0 Å². The van der Waals surface area contributed by atoms with Crippen molar-refractivity contribution in [2.24, 2.45) is 5.92 Å². The Kier molecular flexibility index (Phi) is 4.73. The van der Waals surface area contributed by atoms with Crippen molar-refractivity contribution in [3.63, 3.8) is 0 Å². The van der Waals surface area contributed by atoms with Crippen molar-refractivity contribution in [2.75, 3.05) is 33.0 Å². The molecule has 2 N–H and O–H groups in total. The molecule has 1 atom stereocenters. The Balaban J connectivity index is 2.57. The largest absolute Gasteiger partial charge is 0.492 e. The number of anilines is 1. The molecule has 0 radical (unpaired) electrons. The van der Waals surface area contributed by atoms with Gasteiger partial charge in [-0.05, 0) is 39.1 Å². The van der Waals surface area contributed by atoms with Gasteiger partial charge in [0.05, 0.1) is 18.2 Å². The van der Waals surface area contributed by atoms with E-state index in [0.29, 0.717) is 18.5 Å². The molecule has 0 saturated heterocycles. The fraction of sp³-hybridized carbons (Fsp3) is 0.562. The van der Waals surface area contributed by atoms with Gasteiger partial charge in [-0.3, -0.25) is 0 Å². The summed E-state index contributed by atoms with van der Waals surface area (Å²) < 4.78 is 7.81. The van der Waals surface area contributed by atoms with E-state index in [2.05, 4.69) is 48.5 Å². The quantitative estimate of drug-likeness (QED) is 0.889. The van der Waals surface area contributed by atoms with Crippen LogP contribution in [0.15, 0.2) is 18.2 Å². The number of nitrogen functional groups attached to an aromatic ring is 1. The maximum atomic E-state index is 6.21. The van der Waals surface area contributed by atoms with Crippen molar-refractivity contribution in [1.29, 1.82) is 0 Å². The fourth-order valence-corrected chi connectivity index (χ4v) is 2.69. The zero-order valence-electron chi connectivity index (χ0n) is 13.6. The Morgan fingerprint density at radius 1 is 1.33 bits per heavy atom. The lowest BCUT2D eigenvalue weighted by molar-refractivity contribution is 0.275. The topological polar surface area (TPSA) is 56.3 Å². The number of ether oxygens (including phenoxy) is 1. The van der Waals surface area contributed by atoms with Crippen molar-refractivity contribution in [3.8, 4) is 5.75 Å². The molecular formula is C16H26N4O. The molecule has 0 aliphatic carbocycles. The summed E-state index contributed by atoms with van der Waals surface area (Å²) in [7, 11) is 4.16. The first kappa shape index (κ1) is 15.6. The van der Waals surface area contributed by atoms with E-state index in [-0.39, 0.29) is 6.04 Å². The average Bonchev–Trinajstić information content (AvgIpc) is 2.73. The van der Waals surface area contributed by atoms with Crippen LogP contribution < -0.4 is 10.5 Å². The van der Waals surface area contributed by atoms with Crippen LogP contribution in [0.4, 0.5) is 5.95 Å². The van der Waals surface area contributed by atoms with Gasteiger partial charge in [-0.25, -0.2) is 4.98 Å². The van der Waals surface area contributed by atoms with E-state index in [0.717, 1.165) is 23.3 Å². The van der Waals surface area contributed by atoms with E-state index < -0.39 is 0 Å². The van der Waals surface area contributed by atoms with Crippen LogP contribution in [0.3, 0.4) is 0 Å². The third-order valence-corrected chi connectivity index (χ3v) is 3.66. The summed E-state index contributed by atoms with van der Waals surface area (Å²) in [6.07, 6.45) is 0. The van der Waals surface area contributed by atoms with Gasteiger partial charge < -0.3 is 19.9 Å². The number of nitrogens with zero attached hydrogens (tertiary/aromatic N) is 3. The molecule has 0 amide bonds. The molecule has 0 aliphatic heterocycles. The molecule has 2 rings (SSSR count). The van der Waals surface area contributed by atoms with Gasteiger partial charge in [-0.1, -0.05) is 19.9 Å². The number of aromatic nitrogens is 2. The number of hydrogen-bond acceptors (Lipinski definition) is 4. The van der Waals surface area contributed by atoms with Gasteiger partial charge in [-0.15, -0.1) is 0 Å². The van der Waals surface area contributed by atoms with Crippen LogP contribution in [0.2, 0.25) is 0 Å². The van der Waals surface area contributed by atoms with Crippen LogP contribution in [0, 0.1) is 5.92 Å². The molecule has 0 spiro atoms. The number of nitrogens with two attached hydrogens (primary N) is 1. The maximum absolute atomic E-state index is 6.21. The first-order valence-corrected chi connectivity index (χ1v) is 7.49. The van der Waals surface area contributed by atoms with E-state index in [1.807, 2.05) is 19.1 Å². The highest BCUT2D eigenvalue weighted by Crippen LogP contribution is 2.32. The Bertz CT molecular complexity index is 604. The van der Waals surface area contributed by atoms with Gasteiger partial charge in [0.1, 0.15) is 11.3 Å². The zero-order chi connectivity index (χ0) is 15.6. The van der Waals surface area contributed by atoms with E-state index >= 15 is 0 Å². The van der Waals surface area contributed by atoms with Gasteiger partial charge >= 0.3 is 0 Å². The van der Waals surface area contributed by atoms with Crippen molar-refractivity contribution < 1.29 is 4.74 Å². The average molecular weight is 290 g/mol. The second-order valence-electron chi connectivity index (χ2n) is 5.97. The number of benzene rings is 1. The van der Waals surface area contributed by atoms with E-state index in [9.17, 15) is 0 Å². The minimum atomic E-state index is 0.280. The molecule has 1 aromatic heterocycles. The molecule has 116 valence electrons.